The topological polar surface area (TPSA) is 207 Å². The van der Waals surface area contributed by atoms with E-state index in [0.29, 0.717) is 32.2 Å². The van der Waals surface area contributed by atoms with Crippen LogP contribution < -0.4 is 21.2 Å². The molecule has 2 fully saturated rings. The van der Waals surface area contributed by atoms with Crippen LogP contribution in [0.15, 0.2) is 22.0 Å². The smallest absolute Gasteiger partial charge is 0.311 e. The van der Waals surface area contributed by atoms with Crippen LogP contribution in [0.4, 0.5) is 11.9 Å². The molecule has 0 amide bonds. The van der Waals surface area contributed by atoms with E-state index in [9.17, 15) is 9.59 Å². The number of aliphatic hydroxyl groups excluding tert-OH is 2. The number of nitrogen functional groups attached to an aromatic ring is 2. The first-order chi connectivity index (χ1) is 17.4. The molecule has 18 heteroatoms. The molecule has 6 rings (SSSR count). The van der Waals surface area contributed by atoms with E-state index in [-0.39, 0.29) is 45.7 Å². The maximum Gasteiger partial charge on any atom is 0.311 e. The van der Waals surface area contributed by atoms with Crippen molar-refractivity contribution in [3.8, 4) is 0 Å². The van der Waals surface area contributed by atoms with Crippen LogP contribution >= 0.6 is 46.2 Å². The summed E-state index contributed by atoms with van der Waals surface area (Å²) in [6, 6.07) is 0. The highest BCUT2D eigenvalue weighted by Gasteiger charge is 2.31. The second-order valence-electron chi connectivity index (χ2n) is 7.38. The number of thioether (sulfide) groups is 2. The van der Waals surface area contributed by atoms with Crippen LogP contribution in [-0.2, 0) is 9.47 Å². The standard InChI is InChI=1S/2C9H10N4O3S2/c2*10-8-11-1-4-7(12-8)13(9(15)18-4)5-3-17-6(2-14)16-5/h2*1,5-6,14H,2-3H2,(H2,10,11,12)/t5-,6+;5-,6-/m10/s1. The molecule has 4 aromatic heterocycles. The van der Waals surface area contributed by atoms with Gasteiger partial charge in [0.2, 0.25) is 11.9 Å². The van der Waals surface area contributed by atoms with Crippen molar-refractivity contribution in [2.24, 2.45) is 0 Å². The molecule has 0 saturated carbocycles. The van der Waals surface area contributed by atoms with Gasteiger partial charge >= 0.3 is 9.75 Å². The second-order valence-corrected chi connectivity index (χ2v) is 11.8. The molecule has 14 nitrogen and oxygen atoms in total. The number of nitrogens with two attached hydrogens (primary N) is 2. The van der Waals surface area contributed by atoms with Crippen molar-refractivity contribution in [3.05, 3.63) is 31.7 Å². The molecule has 6 N–H and O–H groups in total. The zero-order chi connectivity index (χ0) is 25.4. The van der Waals surface area contributed by atoms with E-state index >= 15 is 0 Å². The number of ether oxygens (including phenoxy) is 2. The summed E-state index contributed by atoms with van der Waals surface area (Å²) in [6.07, 6.45) is 2.24. The Hall–Kier alpha value is -2.32. The third-order valence-electron chi connectivity index (χ3n) is 5.10. The largest absolute Gasteiger partial charge is 0.393 e. The number of hydrogen-bond acceptors (Lipinski definition) is 16. The fourth-order valence-electron chi connectivity index (χ4n) is 3.56. The SMILES string of the molecule is Nc1ncc2sc(=O)n([C@@H]3CS[C@@H](CO)O3)c2n1.Nc1ncc2sc(=O)n([C@H]3CS[C@@H](CO)O3)c2n1. The molecule has 4 aromatic rings. The van der Waals surface area contributed by atoms with Gasteiger partial charge in [-0.3, -0.25) is 18.7 Å². The Morgan fingerprint density at radius 2 is 1.25 bits per heavy atom. The van der Waals surface area contributed by atoms with Crippen LogP contribution in [0.5, 0.6) is 0 Å². The Balaban J connectivity index is 0.000000148. The van der Waals surface area contributed by atoms with Crippen molar-refractivity contribution < 1.29 is 19.7 Å². The number of thiazole rings is 2. The average molecular weight is 573 g/mol. The minimum absolute atomic E-state index is 0.0743. The number of rotatable bonds is 4. The zero-order valence-corrected chi connectivity index (χ0v) is 21.6. The van der Waals surface area contributed by atoms with Gasteiger partial charge in [-0.2, -0.15) is 9.97 Å². The molecule has 0 aromatic carbocycles. The Kier molecular flexibility index (Phi) is 7.45. The predicted molar refractivity (Wildman–Crippen MR) is 139 cm³/mol. The molecule has 2 aliphatic heterocycles. The molecule has 2 saturated heterocycles. The zero-order valence-electron chi connectivity index (χ0n) is 18.3. The lowest BCUT2D eigenvalue weighted by atomic mass is 10.5. The first-order valence-electron chi connectivity index (χ1n) is 10.4. The maximum absolute atomic E-state index is 12.0. The van der Waals surface area contributed by atoms with Gasteiger partial charge in [0, 0.05) is 11.5 Å². The lowest BCUT2D eigenvalue weighted by Crippen LogP contribution is -2.22. The molecule has 0 unspecified atom stereocenters. The van der Waals surface area contributed by atoms with Gasteiger partial charge in [-0.15, -0.1) is 23.5 Å². The van der Waals surface area contributed by atoms with Gasteiger partial charge in [-0.25, -0.2) is 9.97 Å². The van der Waals surface area contributed by atoms with Crippen molar-refractivity contribution in [2.45, 2.75) is 23.3 Å². The Morgan fingerprint density at radius 1 is 0.833 bits per heavy atom. The van der Waals surface area contributed by atoms with E-state index in [1.165, 1.54) is 45.1 Å². The molecule has 4 atom stereocenters. The Morgan fingerprint density at radius 3 is 1.61 bits per heavy atom. The Bertz CT molecular complexity index is 1390. The van der Waals surface area contributed by atoms with Crippen molar-refractivity contribution >= 4 is 78.8 Å². The van der Waals surface area contributed by atoms with Crippen LogP contribution in [0.25, 0.3) is 20.7 Å². The lowest BCUT2D eigenvalue weighted by Gasteiger charge is -2.12. The van der Waals surface area contributed by atoms with Crippen LogP contribution in [0, 0.1) is 0 Å². The summed E-state index contributed by atoms with van der Waals surface area (Å²) in [6.45, 7) is -0.149. The predicted octanol–water partition coefficient (Wildman–Crippen LogP) is 0.0312. The normalized spacial score (nSPS) is 23.8. The molecule has 2 aliphatic rings. The van der Waals surface area contributed by atoms with Gasteiger partial charge in [0.15, 0.2) is 11.3 Å². The van der Waals surface area contributed by atoms with Crippen LogP contribution in [-0.4, -0.2) is 74.9 Å². The van der Waals surface area contributed by atoms with E-state index in [1.54, 1.807) is 0 Å². The monoisotopic (exact) mass is 572 g/mol. The highest BCUT2D eigenvalue weighted by atomic mass is 32.2. The van der Waals surface area contributed by atoms with Crippen molar-refractivity contribution in [2.75, 3.05) is 36.2 Å². The van der Waals surface area contributed by atoms with Gasteiger partial charge in [0.1, 0.15) is 23.3 Å². The van der Waals surface area contributed by atoms with E-state index in [1.807, 2.05) is 0 Å². The quantitative estimate of drug-likeness (QED) is 0.255. The van der Waals surface area contributed by atoms with Gasteiger partial charge in [-0.05, 0) is 0 Å². The number of aromatic nitrogens is 6. The second kappa shape index (κ2) is 10.6. The van der Waals surface area contributed by atoms with Crippen molar-refractivity contribution in [1.82, 2.24) is 29.1 Å². The molecule has 6 heterocycles. The van der Waals surface area contributed by atoms with Crippen LogP contribution in [0.1, 0.15) is 12.5 Å². The van der Waals surface area contributed by atoms with Gasteiger partial charge < -0.3 is 31.2 Å². The van der Waals surface area contributed by atoms with E-state index < -0.39 is 12.5 Å². The first-order valence-corrected chi connectivity index (χ1v) is 14.1. The summed E-state index contributed by atoms with van der Waals surface area (Å²) in [7, 11) is 0. The molecule has 0 spiro atoms. The molecular formula is C18H20N8O6S4. The van der Waals surface area contributed by atoms with Gasteiger partial charge in [0.05, 0.1) is 35.0 Å². The summed E-state index contributed by atoms with van der Waals surface area (Å²) >= 11 is 5.05. The summed E-state index contributed by atoms with van der Waals surface area (Å²) in [4.78, 5) is 39.5. The summed E-state index contributed by atoms with van der Waals surface area (Å²) in [5.41, 5.74) is 11.5. The number of nitrogens with zero attached hydrogens (tertiary/aromatic N) is 6. The lowest BCUT2D eigenvalue weighted by molar-refractivity contribution is -0.00279. The third-order valence-corrected chi connectivity index (χ3v) is 9.07. The molecule has 192 valence electrons. The molecule has 0 radical (unpaired) electrons. The third kappa shape index (κ3) is 4.94. The maximum atomic E-state index is 12.0. The van der Waals surface area contributed by atoms with E-state index in [0.717, 1.165) is 22.7 Å². The minimum Gasteiger partial charge on any atom is -0.393 e. The number of aliphatic hydroxyl groups is 2. The van der Waals surface area contributed by atoms with Gasteiger partial charge in [-0.1, -0.05) is 22.7 Å². The number of anilines is 2. The average Bonchev–Trinajstić information content (AvgIpc) is 3.63. The minimum atomic E-state index is -0.414. The number of hydrogen-bond donors (Lipinski definition) is 4. The fraction of sp³-hybridized carbons (Fsp3) is 0.444. The summed E-state index contributed by atoms with van der Waals surface area (Å²) in [5.74, 6) is 1.44. The van der Waals surface area contributed by atoms with Crippen LogP contribution in [0.2, 0.25) is 0 Å². The van der Waals surface area contributed by atoms with Crippen molar-refractivity contribution in [1.29, 1.82) is 0 Å². The van der Waals surface area contributed by atoms with Gasteiger partial charge in [0.25, 0.3) is 0 Å². The van der Waals surface area contributed by atoms with Crippen LogP contribution in [0.3, 0.4) is 0 Å². The molecule has 0 aliphatic carbocycles. The molecule has 0 bridgehead atoms. The highest BCUT2D eigenvalue weighted by Crippen LogP contribution is 2.34. The molecular weight excluding hydrogens is 553 g/mol. The van der Waals surface area contributed by atoms with Crippen molar-refractivity contribution in [3.63, 3.8) is 0 Å². The Labute approximate surface area is 218 Å². The fourth-order valence-corrected chi connectivity index (χ4v) is 7.06. The van der Waals surface area contributed by atoms with E-state index in [2.05, 4.69) is 19.9 Å². The highest BCUT2D eigenvalue weighted by molar-refractivity contribution is 8.00. The first kappa shape index (κ1) is 25.3. The number of fused-ring (bicyclic) bond motifs is 2. The molecule has 36 heavy (non-hydrogen) atoms. The summed E-state index contributed by atoms with van der Waals surface area (Å²) < 4.78 is 15.4. The summed E-state index contributed by atoms with van der Waals surface area (Å²) in [5, 5.41) is 18.1. The van der Waals surface area contributed by atoms with E-state index in [4.69, 9.17) is 31.2 Å².